The van der Waals surface area contributed by atoms with E-state index in [-0.39, 0.29) is 5.82 Å². The third kappa shape index (κ3) is 3.66. The SMILES string of the molecule is COc1cc(/C=C/C2=NO[C@]3(c4ccc(F)cc4)[C@H](O)CCCN23)ccc1-n1cnc(C)c1. The third-order valence-corrected chi connectivity index (χ3v) is 6.14. The predicted molar refractivity (Wildman–Crippen MR) is 122 cm³/mol. The molecule has 0 unspecified atom stereocenters. The molecule has 5 rings (SSSR count). The first-order valence-corrected chi connectivity index (χ1v) is 10.9. The van der Waals surface area contributed by atoms with E-state index in [0.717, 1.165) is 23.4 Å². The molecule has 0 amide bonds. The summed E-state index contributed by atoms with van der Waals surface area (Å²) in [5, 5.41) is 15.2. The zero-order valence-electron chi connectivity index (χ0n) is 18.5. The van der Waals surface area contributed by atoms with Crippen LogP contribution in [0.3, 0.4) is 0 Å². The van der Waals surface area contributed by atoms with Gasteiger partial charge in [0.2, 0.25) is 0 Å². The van der Waals surface area contributed by atoms with Crippen LogP contribution in [-0.2, 0) is 10.6 Å². The van der Waals surface area contributed by atoms with Gasteiger partial charge in [0.1, 0.15) is 17.7 Å². The number of hydrogen-bond donors (Lipinski definition) is 1. The number of halogens is 1. The smallest absolute Gasteiger partial charge is 0.263 e. The Bertz CT molecular complexity index is 1220. The maximum Gasteiger partial charge on any atom is 0.263 e. The zero-order valence-corrected chi connectivity index (χ0v) is 18.5. The molecule has 7 nitrogen and oxygen atoms in total. The standard InChI is InChI=1S/C25H25FN4O3/c1-17-15-29(16-27-17)21-11-5-18(14-22(21)32-2)6-12-24-28-33-25(19-7-9-20(26)10-8-19)23(31)4-3-13-30(24)25/h5-12,14-16,23,31H,3-4,13H2,1-2H3/b12-6+/t23-,25-/m1/s1. The number of nitrogens with zero attached hydrogens (tertiary/aromatic N) is 4. The molecule has 0 bridgehead atoms. The van der Waals surface area contributed by atoms with Crippen molar-refractivity contribution in [2.24, 2.45) is 5.16 Å². The Morgan fingerprint density at radius 3 is 2.76 bits per heavy atom. The summed E-state index contributed by atoms with van der Waals surface area (Å²) < 4.78 is 21.0. The zero-order chi connectivity index (χ0) is 23.0. The minimum absolute atomic E-state index is 0.339. The van der Waals surface area contributed by atoms with Gasteiger partial charge in [-0.05, 0) is 67.8 Å². The van der Waals surface area contributed by atoms with Gasteiger partial charge in [-0.3, -0.25) is 0 Å². The average Bonchev–Trinajstić information content (AvgIpc) is 3.43. The fourth-order valence-electron chi connectivity index (χ4n) is 4.49. The summed E-state index contributed by atoms with van der Waals surface area (Å²) in [6.45, 7) is 2.60. The van der Waals surface area contributed by atoms with Gasteiger partial charge >= 0.3 is 0 Å². The molecule has 1 fully saturated rings. The number of fused-ring (bicyclic) bond motifs is 1. The summed E-state index contributed by atoms with van der Waals surface area (Å²) in [4.78, 5) is 12.1. The number of methoxy groups -OCH3 is 1. The quantitative estimate of drug-likeness (QED) is 0.639. The van der Waals surface area contributed by atoms with E-state index in [1.54, 1.807) is 25.6 Å². The van der Waals surface area contributed by atoms with Crippen molar-refractivity contribution >= 4 is 11.9 Å². The molecule has 0 saturated carbocycles. The van der Waals surface area contributed by atoms with Crippen LogP contribution in [0.15, 0.2) is 66.2 Å². The van der Waals surface area contributed by atoms with Crippen LogP contribution in [0.5, 0.6) is 5.75 Å². The third-order valence-electron chi connectivity index (χ3n) is 6.14. The van der Waals surface area contributed by atoms with E-state index in [2.05, 4.69) is 10.1 Å². The van der Waals surface area contributed by atoms with E-state index >= 15 is 0 Å². The van der Waals surface area contributed by atoms with Crippen LogP contribution in [0.2, 0.25) is 0 Å². The molecule has 170 valence electrons. The number of piperidine rings is 1. The van der Waals surface area contributed by atoms with Crippen molar-refractivity contribution in [2.45, 2.75) is 31.6 Å². The number of aryl methyl sites for hydroxylation is 1. The molecule has 1 N–H and O–H groups in total. The first-order valence-electron chi connectivity index (χ1n) is 10.9. The molecule has 0 radical (unpaired) electrons. The Kier molecular flexibility index (Phi) is 5.38. The number of benzene rings is 2. The fourth-order valence-corrected chi connectivity index (χ4v) is 4.49. The minimum Gasteiger partial charge on any atom is -0.495 e. The second kappa shape index (κ2) is 8.37. The number of aliphatic hydroxyl groups is 1. The summed E-state index contributed by atoms with van der Waals surface area (Å²) in [7, 11) is 1.64. The second-order valence-electron chi connectivity index (χ2n) is 8.24. The molecule has 2 aliphatic heterocycles. The lowest BCUT2D eigenvalue weighted by molar-refractivity contribution is -0.194. The maximum atomic E-state index is 13.5. The van der Waals surface area contributed by atoms with Gasteiger partial charge in [-0.2, -0.15) is 0 Å². The van der Waals surface area contributed by atoms with Crippen molar-refractivity contribution in [1.29, 1.82) is 0 Å². The van der Waals surface area contributed by atoms with Gasteiger partial charge in [0.25, 0.3) is 5.72 Å². The number of rotatable bonds is 5. The second-order valence-corrected chi connectivity index (χ2v) is 8.24. The summed E-state index contributed by atoms with van der Waals surface area (Å²) in [5.41, 5.74) is 2.27. The predicted octanol–water partition coefficient (Wildman–Crippen LogP) is 4.00. The molecule has 8 heteroatoms. The van der Waals surface area contributed by atoms with Gasteiger partial charge in [-0.1, -0.05) is 17.3 Å². The Labute approximate surface area is 191 Å². The first kappa shape index (κ1) is 21.2. The molecule has 3 heterocycles. The highest BCUT2D eigenvalue weighted by Crippen LogP contribution is 2.43. The summed E-state index contributed by atoms with van der Waals surface area (Å²) >= 11 is 0. The van der Waals surface area contributed by atoms with Crippen LogP contribution in [0.1, 0.15) is 29.7 Å². The molecule has 1 aromatic heterocycles. The minimum atomic E-state index is -1.15. The number of ether oxygens (including phenoxy) is 1. The molecule has 2 aliphatic rings. The highest BCUT2D eigenvalue weighted by molar-refractivity contribution is 5.97. The lowest BCUT2D eigenvalue weighted by Gasteiger charge is -2.44. The van der Waals surface area contributed by atoms with E-state index in [4.69, 9.17) is 9.57 Å². The summed E-state index contributed by atoms with van der Waals surface area (Å²) in [6.07, 6.45) is 8.07. The topological polar surface area (TPSA) is 72.1 Å². The monoisotopic (exact) mass is 448 g/mol. The van der Waals surface area contributed by atoms with E-state index in [1.807, 2.05) is 52.9 Å². The van der Waals surface area contributed by atoms with Gasteiger partial charge in [-0.25, -0.2) is 9.37 Å². The van der Waals surface area contributed by atoms with Crippen LogP contribution in [0.4, 0.5) is 4.39 Å². The maximum absolute atomic E-state index is 13.5. The molecule has 0 aliphatic carbocycles. The number of aliphatic hydroxyl groups excluding tert-OH is 1. The molecule has 33 heavy (non-hydrogen) atoms. The van der Waals surface area contributed by atoms with Gasteiger partial charge in [0, 0.05) is 18.3 Å². The Hall–Kier alpha value is -3.65. The van der Waals surface area contributed by atoms with Crippen molar-refractivity contribution in [3.63, 3.8) is 0 Å². The van der Waals surface area contributed by atoms with E-state index in [9.17, 15) is 9.50 Å². The molecule has 1 saturated heterocycles. The molecular formula is C25H25FN4O3. The van der Waals surface area contributed by atoms with Crippen LogP contribution in [-0.4, -0.2) is 45.2 Å². The molecule has 0 spiro atoms. The van der Waals surface area contributed by atoms with Gasteiger partial charge < -0.3 is 24.1 Å². The largest absolute Gasteiger partial charge is 0.495 e. The summed E-state index contributed by atoms with van der Waals surface area (Å²) in [5.74, 6) is 0.980. The van der Waals surface area contributed by atoms with Gasteiger partial charge in [0.15, 0.2) is 5.84 Å². The normalized spacial score (nSPS) is 22.2. The van der Waals surface area contributed by atoms with Crippen molar-refractivity contribution < 1.29 is 19.1 Å². The van der Waals surface area contributed by atoms with Crippen molar-refractivity contribution in [3.05, 3.63) is 83.7 Å². The molecule has 2 atom stereocenters. The van der Waals surface area contributed by atoms with Gasteiger partial charge in [0.05, 0.1) is 24.8 Å². The van der Waals surface area contributed by atoms with Gasteiger partial charge in [-0.15, -0.1) is 0 Å². The Morgan fingerprint density at radius 2 is 2.03 bits per heavy atom. The number of amidine groups is 1. The van der Waals surface area contributed by atoms with Crippen LogP contribution >= 0.6 is 0 Å². The molecule has 3 aromatic rings. The first-order chi connectivity index (χ1) is 16.0. The molecule has 2 aromatic carbocycles. The number of imidazole rings is 1. The van der Waals surface area contributed by atoms with Crippen LogP contribution in [0.25, 0.3) is 11.8 Å². The fraction of sp³-hybridized carbons (Fsp3) is 0.280. The number of aromatic nitrogens is 2. The van der Waals surface area contributed by atoms with E-state index in [0.29, 0.717) is 30.1 Å². The van der Waals surface area contributed by atoms with Crippen LogP contribution < -0.4 is 4.74 Å². The average molecular weight is 448 g/mol. The van der Waals surface area contributed by atoms with E-state index < -0.39 is 11.8 Å². The molecular weight excluding hydrogens is 423 g/mol. The lowest BCUT2D eigenvalue weighted by Crippen LogP contribution is -2.57. The Morgan fingerprint density at radius 1 is 1.21 bits per heavy atom. The lowest BCUT2D eigenvalue weighted by atomic mass is 9.88. The highest BCUT2D eigenvalue weighted by atomic mass is 19.1. The number of hydrogen-bond acceptors (Lipinski definition) is 6. The van der Waals surface area contributed by atoms with Crippen LogP contribution in [0, 0.1) is 12.7 Å². The van der Waals surface area contributed by atoms with E-state index in [1.165, 1.54) is 12.1 Å². The highest BCUT2D eigenvalue weighted by Gasteiger charge is 2.54. The Balaban J connectivity index is 1.43. The van der Waals surface area contributed by atoms with Crippen molar-refractivity contribution in [2.75, 3.05) is 13.7 Å². The summed E-state index contributed by atoms with van der Waals surface area (Å²) in [6, 6.07) is 11.9. The van der Waals surface area contributed by atoms with Crippen molar-refractivity contribution in [1.82, 2.24) is 14.5 Å². The van der Waals surface area contributed by atoms with Crippen molar-refractivity contribution in [3.8, 4) is 11.4 Å². The number of oxime groups is 1.